The monoisotopic (exact) mass is 318 g/mol. The number of carbonyl (C=O) groups is 1. The summed E-state index contributed by atoms with van der Waals surface area (Å²) >= 11 is 0. The van der Waals surface area contributed by atoms with Crippen LogP contribution in [0.2, 0.25) is 0 Å². The zero-order valence-corrected chi connectivity index (χ0v) is 14.9. The number of benzene rings is 1. The third-order valence-corrected chi connectivity index (χ3v) is 3.97. The minimum absolute atomic E-state index is 0.0354. The Balaban J connectivity index is 1.96. The second-order valence-electron chi connectivity index (χ2n) is 7.59. The van der Waals surface area contributed by atoms with Gasteiger partial charge in [-0.3, -0.25) is 4.79 Å². The molecular formula is C19H30N2O2. The smallest absolute Gasteiger partial charge is 0.216 e. The van der Waals surface area contributed by atoms with Crippen molar-refractivity contribution in [3.8, 4) is 5.75 Å². The fraction of sp³-hybridized carbons (Fsp3) is 0.632. The number of fused-ring (bicyclic) bond motifs is 1. The van der Waals surface area contributed by atoms with Gasteiger partial charge in [-0.2, -0.15) is 0 Å². The van der Waals surface area contributed by atoms with Crippen molar-refractivity contribution in [2.24, 2.45) is 5.41 Å². The molecule has 0 aliphatic carbocycles. The average molecular weight is 318 g/mol. The maximum Gasteiger partial charge on any atom is 0.216 e. The molecule has 1 aliphatic rings. The van der Waals surface area contributed by atoms with Gasteiger partial charge in [0.05, 0.1) is 6.61 Å². The Hall–Kier alpha value is -1.55. The molecule has 2 N–H and O–H groups in total. The lowest BCUT2D eigenvalue weighted by Crippen LogP contribution is -2.30. The molecule has 1 amide bonds. The molecule has 0 spiro atoms. The Bertz CT molecular complexity index is 535. The SMILES string of the molecule is CC(=O)NCCCNC1CCOc2ccc(CC(C)(C)C)cc21. The van der Waals surface area contributed by atoms with Crippen molar-refractivity contribution in [3.05, 3.63) is 29.3 Å². The molecule has 1 unspecified atom stereocenters. The highest BCUT2D eigenvalue weighted by Crippen LogP contribution is 2.34. The fourth-order valence-electron chi connectivity index (χ4n) is 3.01. The van der Waals surface area contributed by atoms with Gasteiger partial charge in [0.15, 0.2) is 0 Å². The number of hydrogen-bond acceptors (Lipinski definition) is 3. The predicted octanol–water partition coefficient (Wildman–Crippen LogP) is 3.21. The van der Waals surface area contributed by atoms with Crippen molar-refractivity contribution in [3.63, 3.8) is 0 Å². The normalized spacial score (nSPS) is 17.3. The summed E-state index contributed by atoms with van der Waals surface area (Å²) in [5.41, 5.74) is 2.93. The molecule has 4 nitrogen and oxygen atoms in total. The molecule has 0 aromatic heterocycles. The van der Waals surface area contributed by atoms with Crippen LogP contribution in [0.25, 0.3) is 0 Å². The van der Waals surface area contributed by atoms with Crippen LogP contribution in [0.1, 0.15) is 57.7 Å². The molecule has 0 bridgehead atoms. The zero-order valence-electron chi connectivity index (χ0n) is 14.9. The van der Waals surface area contributed by atoms with Crippen molar-refractivity contribution in [1.82, 2.24) is 10.6 Å². The van der Waals surface area contributed by atoms with E-state index in [2.05, 4.69) is 49.6 Å². The van der Waals surface area contributed by atoms with Crippen LogP contribution in [0.4, 0.5) is 0 Å². The predicted molar refractivity (Wildman–Crippen MR) is 93.8 cm³/mol. The standard InChI is InChI=1S/C19H30N2O2/c1-14(22)20-9-5-10-21-17-8-11-23-18-7-6-15(12-16(17)18)13-19(2,3)4/h6-7,12,17,21H,5,8-11,13H2,1-4H3,(H,20,22). The van der Waals surface area contributed by atoms with E-state index in [-0.39, 0.29) is 11.3 Å². The van der Waals surface area contributed by atoms with Gasteiger partial charge in [-0.1, -0.05) is 32.9 Å². The number of hydrogen-bond donors (Lipinski definition) is 2. The first-order chi connectivity index (χ1) is 10.8. The Morgan fingerprint density at radius 2 is 2.09 bits per heavy atom. The third-order valence-electron chi connectivity index (χ3n) is 3.97. The summed E-state index contributed by atoms with van der Waals surface area (Å²) in [6.45, 7) is 10.7. The van der Waals surface area contributed by atoms with Gasteiger partial charge in [-0.25, -0.2) is 0 Å². The highest BCUT2D eigenvalue weighted by molar-refractivity contribution is 5.72. The summed E-state index contributed by atoms with van der Waals surface area (Å²) in [6.07, 6.45) is 3.00. The van der Waals surface area contributed by atoms with Crippen molar-refractivity contribution in [2.75, 3.05) is 19.7 Å². The Morgan fingerprint density at radius 3 is 2.78 bits per heavy atom. The minimum atomic E-state index is 0.0354. The average Bonchev–Trinajstić information content (AvgIpc) is 2.45. The lowest BCUT2D eigenvalue weighted by Gasteiger charge is -2.28. The maximum atomic E-state index is 10.9. The molecule has 1 heterocycles. The van der Waals surface area contributed by atoms with E-state index in [1.807, 2.05) is 0 Å². The third kappa shape index (κ3) is 5.87. The van der Waals surface area contributed by atoms with Crippen molar-refractivity contribution in [1.29, 1.82) is 0 Å². The fourth-order valence-corrected chi connectivity index (χ4v) is 3.01. The quantitative estimate of drug-likeness (QED) is 0.792. The summed E-state index contributed by atoms with van der Waals surface area (Å²) in [7, 11) is 0. The molecule has 4 heteroatoms. The van der Waals surface area contributed by atoms with Gasteiger partial charge < -0.3 is 15.4 Å². The number of amides is 1. The van der Waals surface area contributed by atoms with Crippen LogP contribution in [0, 0.1) is 5.41 Å². The van der Waals surface area contributed by atoms with Gasteiger partial charge in [0.25, 0.3) is 0 Å². The molecule has 0 radical (unpaired) electrons. The highest BCUT2D eigenvalue weighted by Gasteiger charge is 2.22. The zero-order chi connectivity index (χ0) is 16.9. The molecule has 2 rings (SSSR count). The van der Waals surface area contributed by atoms with Gasteiger partial charge in [-0.05, 0) is 36.4 Å². The van der Waals surface area contributed by atoms with Gasteiger partial charge in [0, 0.05) is 31.5 Å². The summed E-state index contributed by atoms with van der Waals surface area (Å²) < 4.78 is 5.80. The molecule has 1 atom stereocenters. The Kier molecular flexibility index (Phi) is 6.05. The lowest BCUT2D eigenvalue weighted by atomic mass is 9.86. The number of carbonyl (C=O) groups excluding carboxylic acids is 1. The van der Waals surface area contributed by atoms with E-state index in [0.29, 0.717) is 6.04 Å². The first kappa shape index (κ1) is 17.8. The molecular weight excluding hydrogens is 288 g/mol. The van der Waals surface area contributed by atoms with E-state index in [1.54, 1.807) is 6.92 Å². The van der Waals surface area contributed by atoms with E-state index >= 15 is 0 Å². The van der Waals surface area contributed by atoms with Crippen molar-refractivity contribution < 1.29 is 9.53 Å². The number of nitrogens with one attached hydrogen (secondary N) is 2. The molecule has 1 aromatic carbocycles. The second kappa shape index (κ2) is 7.82. The van der Waals surface area contributed by atoms with Crippen LogP contribution in [0.5, 0.6) is 5.75 Å². The van der Waals surface area contributed by atoms with Gasteiger partial charge >= 0.3 is 0 Å². The van der Waals surface area contributed by atoms with Crippen LogP contribution in [0.15, 0.2) is 18.2 Å². The summed E-state index contributed by atoms with van der Waals surface area (Å²) in [4.78, 5) is 10.9. The van der Waals surface area contributed by atoms with Crippen LogP contribution in [0.3, 0.4) is 0 Å². The van der Waals surface area contributed by atoms with Crippen LogP contribution >= 0.6 is 0 Å². The molecule has 0 fully saturated rings. The number of rotatable bonds is 6. The van der Waals surface area contributed by atoms with E-state index in [0.717, 1.165) is 44.7 Å². The molecule has 23 heavy (non-hydrogen) atoms. The Labute approximate surface area is 140 Å². The van der Waals surface area contributed by atoms with E-state index < -0.39 is 0 Å². The maximum absolute atomic E-state index is 10.9. The molecule has 1 aliphatic heterocycles. The highest BCUT2D eigenvalue weighted by atomic mass is 16.5. The van der Waals surface area contributed by atoms with Crippen molar-refractivity contribution >= 4 is 5.91 Å². The summed E-state index contributed by atoms with van der Waals surface area (Å²) in [5.74, 6) is 1.04. The van der Waals surface area contributed by atoms with Crippen LogP contribution in [-0.4, -0.2) is 25.6 Å². The molecule has 1 aromatic rings. The second-order valence-corrected chi connectivity index (χ2v) is 7.59. The van der Waals surface area contributed by atoms with Gasteiger partial charge in [0.2, 0.25) is 5.91 Å². The van der Waals surface area contributed by atoms with E-state index in [1.165, 1.54) is 11.1 Å². The minimum Gasteiger partial charge on any atom is -0.493 e. The largest absolute Gasteiger partial charge is 0.493 e. The molecule has 128 valence electrons. The Morgan fingerprint density at radius 1 is 1.30 bits per heavy atom. The number of ether oxygens (including phenoxy) is 1. The molecule has 0 saturated carbocycles. The molecule has 0 saturated heterocycles. The van der Waals surface area contributed by atoms with E-state index in [4.69, 9.17) is 4.74 Å². The van der Waals surface area contributed by atoms with Crippen LogP contribution in [-0.2, 0) is 11.2 Å². The summed E-state index contributed by atoms with van der Waals surface area (Å²) in [6, 6.07) is 6.94. The van der Waals surface area contributed by atoms with Crippen LogP contribution < -0.4 is 15.4 Å². The summed E-state index contributed by atoms with van der Waals surface area (Å²) in [5, 5.41) is 6.44. The van der Waals surface area contributed by atoms with Crippen molar-refractivity contribution in [2.45, 2.75) is 53.0 Å². The van der Waals surface area contributed by atoms with Gasteiger partial charge in [0.1, 0.15) is 5.75 Å². The van der Waals surface area contributed by atoms with Gasteiger partial charge in [-0.15, -0.1) is 0 Å². The van der Waals surface area contributed by atoms with E-state index in [9.17, 15) is 4.79 Å². The topological polar surface area (TPSA) is 50.4 Å². The lowest BCUT2D eigenvalue weighted by molar-refractivity contribution is -0.118. The first-order valence-corrected chi connectivity index (χ1v) is 8.58. The first-order valence-electron chi connectivity index (χ1n) is 8.58.